The second-order valence-electron chi connectivity index (χ2n) is 5.14. The highest BCUT2D eigenvalue weighted by atomic mass is 32.2. The van der Waals surface area contributed by atoms with Crippen molar-refractivity contribution in [1.29, 1.82) is 0 Å². The Morgan fingerprint density at radius 1 is 1.32 bits per heavy atom. The van der Waals surface area contributed by atoms with E-state index in [4.69, 9.17) is 0 Å². The Morgan fingerprint density at radius 3 is 2.95 bits per heavy atom. The lowest BCUT2D eigenvalue weighted by Gasteiger charge is -2.16. The van der Waals surface area contributed by atoms with Gasteiger partial charge in [0.15, 0.2) is 0 Å². The number of carbonyl (C=O) groups is 1. The molecule has 1 atom stereocenters. The molecule has 2 aromatic rings. The summed E-state index contributed by atoms with van der Waals surface area (Å²) in [5.74, 6) is 1.53. The predicted molar refractivity (Wildman–Crippen MR) is 97.7 cm³/mol. The number of hydrogen-bond acceptors (Lipinski definition) is 4. The van der Waals surface area contributed by atoms with E-state index in [2.05, 4.69) is 34.6 Å². The van der Waals surface area contributed by atoms with Crippen LogP contribution in [0.15, 0.2) is 47.5 Å². The summed E-state index contributed by atoms with van der Waals surface area (Å²) in [7, 11) is 0. The maximum Gasteiger partial charge on any atom is 0.230 e. The molecular formula is C17H18N2OS2. The van der Waals surface area contributed by atoms with E-state index in [0.717, 1.165) is 22.2 Å². The van der Waals surface area contributed by atoms with E-state index in [9.17, 15) is 4.79 Å². The molecule has 3 nitrogen and oxygen atoms in total. The molecule has 0 bridgehead atoms. The lowest BCUT2D eigenvalue weighted by Crippen LogP contribution is -2.28. The zero-order valence-electron chi connectivity index (χ0n) is 12.4. The molecule has 2 aromatic carbocycles. The van der Waals surface area contributed by atoms with Crippen LogP contribution in [0, 0.1) is 0 Å². The average molecular weight is 330 g/mol. The van der Waals surface area contributed by atoms with Crippen molar-refractivity contribution in [2.75, 3.05) is 18.1 Å². The molecule has 22 heavy (non-hydrogen) atoms. The van der Waals surface area contributed by atoms with Crippen LogP contribution in [0.25, 0.3) is 10.8 Å². The summed E-state index contributed by atoms with van der Waals surface area (Å²) >= 11 is 3.27. The quantitative estimate of drug-likeness (QED) is 0.926. The standard InChI is InChI=1S/C17H18N2OS2/c1-12(19-16(20)11-22-17-18-9-10-21-17)14-8-4-6-13-5-2-3-7-15(13)14/h2-8,12H,9-11H2,1H3,(H,19,20)/t12-/m0/s1. The molecule has 1 heterocycles. The molecule has 3 rings (SSSR count). The number of thioether (sulfide) groups is 2. The van der Waals surface area contributed by atoms with E-state index in [1.165, 1.54) is 22.5 Å². The lowest BCUT2D eigenvalue weighted by atomic mass is 10.00. The smallest absolute Gasteiger partial charge is 0.230 e. The first-order valence-electron chi connectivity index (χ1n) is 7.31. The number of benzene rings is 2. The molecular weight excluding hydrogens is 312 g/mol. The maximum absolute atomic E-state index is 12.1. The van der Waals surface area contributed by atoms with Gasteiger partial charge in [0.05, 0.1) is 18.3 Å². The fourth-order valence-electron chi connectivity index (χ4n) is 2.52. The molecule has 0 saturated heterocycles. The van der Waals surface area contributed by atoms with Crippen LogP contribution in [0.1, 0.15) is 18.5 Å². The second-order valence-corrected chi connectivity index (χ2v) is 7.45. The molecule has 0 fully saturated rings. The molecule has 0 saturated carbocycles. The fraction of sp³-hybridized carbons (Fsp3) is 0.294. The van der Waals surface area contributed by atoms with Crippen molar-refractivity contribution in [2.45, 2.75) is 13.0 Å². The second kappa shape index (κ2) is 7.20. The van der Waals surface area contributed by atoms with Gasteiger partial charge in [-0.1, -0.05) is 66.0 Å². The third-order valence-corrected chi connectivity index (χ3v) is 5.80. The largest absolute Gasteiger partial charge is 0.349 e. The van der Waals surface area contributed by atoms with Gasteiger partial charge in [-0.3, -0.25) is 9.79 Å². The van der Waals surface area contributed by atoms with Crippen LogP contribution in [0.4, 0.5) is 0 Å². The summed E-state index contributed by atoms with van der Waals surface area (Å²) in [5.41, 5.74) is 1.16. The summed E-state index contributed by atoms with van der Waals surface area (Å²) in [5, 5.41) is 5.48. The first kappa shape index (κ1) is 15.4. The number of rotatable bonds is 4. The van der Waals surface area contributed by atoms with Gasteiger partial charge in [-0.2, -0.15) is 0 Å². The molecule has 1 N–H and O–H groups in total. The monoisotopic (exact) mass is 330 g/mol. The van der Waals surface area contributed by atoms with Gasteiger partial charge >= 0.3 is 0 Å². The fourth-order valence-corrected chi connectivity index (χ4v) is 4.34. The first-order chi connectivity index (χ1) is 10.7. The van der Waals surface area contributed by atoms with Crippen molar-refractivity contribution in [3.05, 3.63) is 48.0 Å². The van der Waals surface area contributed by atoms with Crippen LogP contribution in [0.3, 0.4) is 0 Å². The summed E-state index contributed by atoms with van der Waals surface area (Å²) < 4.78 is 1.04. The first-order valence-corrected chi connectivity index (χ1v) is 9.28. The summed E-state index contributed by atoms with van der Waals surface area (Å²) in [6.45, 7) is 2.91. The van der Waals surface area contributed by atoms with Crippen molar-refractivity contribution in [2.24, 2.45) is 4.99 Å². The van der Waals surface area contributed by atoms with E-state index in [1.807, 2.05) is 25.1 Å². The minimum atomic E-state index is -0.00244. The number of nitrogens with one attached hydrogen (secondary N) is 1. The Kier molecular flexibility index (Phi) is 5.05. The highest BCUT2D eigenvalue weighted by molar-refractivity contribution is 8.39. The zero-order chi connectivity index (χ0) is 15.4. The number of fused-ring (bicyclic) bond motifs is 1. The zero-order valence-corrected chi connectivity index (χ0v) is 14.0. The number of aliphatic imine (C=N–C) groups is 1. The summed E-state index contributed by atoms with van der Waals surface area (Å²) in [4.78, 5) is 16.5. The Morgan fingerprint density at radius 2 is 2.14 bits per heavy atom. The predicted octanol–water partition coefficient (Wildman–Crippen LogP) is 3.85. The molecule has 0 aliphatic carbocycles. The van der Waals surface area contributed by atoms with Crippen molar-refractivity contribution >= 4 is 44.6 Å². The molecule has 1 aliphatic heterocycles. The maximum atomic E-state index is 12.1. The number of hydrogen-bond donors (Lipinski definition) is 1. The number of amides is 1. The van der Waals surface area contributed by atoms with Gasteiger partial charge in [-0.25, -0.2) is 0 Å². The number of carbonyl (C=O) groups excluding carboxylic acids is 1. The third-order valence-electron chi connectivity index (χ3n) is 3.55. The molecule has 0 radical (unpaired) electrons. The third kappa shape index (κ3) is 3.65. The summed E-state index contributed by atoms with van der Waals surface area (Å²) in [6, 6.07) is 14.5. The van der Waals surface area contributed by atoms with Crippen LogP contribution in [-0.4, -0.2) is 28.3 Å². The van der Waals surface area contributed by atoms with Gasteiger partial charge in [0.25, 0.3) is 0 Å². The average Bonchev–Trinajstić information content (AvgIpc) is 3.06. The van der Waals surface area contributed by atoms with Crippen molar-refractivity contribution in [3.8, 4) is 0 Å². The molecule has 1 amide bonds. The van der Waals surface area contributed by atoms with Gasteiger partial charge < -0.3 is 5.32 Å². The highest BCUT2D eigenvalue weighted by Gasteiger charge is 2.14. The Balaban J connectivity index is 1.65. The molecule has 0 aromatic heterocycles. The van der Waals surface area contributed by atoms with Crippen LogP contribution in [-0.2, 0) is 4.79 Å². The minimum Gasteiger partial charge on any atom is -0.349 e. The normalized spacial score (nSPS) is 15.6. The van der Waals surface area contributed by atoms with Crippen molar-refractivity contribution < 1.29 is 4.79 Å². The van der Waals surface area contributed by atoms with Gasteiger partial charge in [-0.15, -0.1) is 0 Å². The van der Waals surface area contributed by atoms with Gasteiger partial charge in [0.2, 0.25) is 5.91 Å². The van der Waals surface area contributed by atoms with Crippen LogP contribution in [0.5, 0.6) is 0 Å². The molecule has 114 valence electrons. The minimum absolute atomic E-state index is 0.00244. The Hall–Kier alpha value is -1.46. The van der Waals surface area contributed by atoms with Crippen LogP contribution < -0.4 is 5.32 Å². The SMILES string of the molecule is C[C@H](NC(=O)CSC1=NCCS1)c1cccc2ccccc12. The highest BCUT2D eigenvalue weighted by Crippen LogP contribution is 2.25. The van der Waals surface area contributed by atoms with Gasteiger partial charge in [0, 0.05) is 5.75 Å². The van der Waals surface area contributed by atoms with Crippen molar-refractivity contribution in [3.63, 3.8) is 0 Å². The molecule has 1 aliphatic rings. The molecule has 5 heteroatoms. The molecule has 0 spiro atoms. The van der Waals surface area contributed by atoms with Gasteiger partial charge in [-0.05, 0) is 23.3 Å². The van der Waals surface area contributed by atoms with E-state index < -0.39 is 0 Å². The van der Waals surface area contributed by atoms with Crippen LogP contribution >= 0.6 is 23.5 Å². The molecule has 0 unspecified atom stereocenters. The van der Waals surface area contributed by atoms with E-state index in [-0.39, 0.29) is 11.9 Å². The van der Waals surface area contributed by atoms with E-state index >= 15 is 0 Å². The van der Waals surface area contributed by atoms with E-state index in [1.54, 1.807) is 11.8 Å². The summed E-state index contributed by atoms with van der Waals surface area (Å²) in [6.07, 6.45) is 0. The van der Waals surface area contributed by atoms with Crippen molar-refractivity contribution in [1.82, 2.24) is 5.32 Å². The topological polar surface area (TPSA) is 41.5 Å². The Bertz CT molecular complexity index is 709. The van der Waals surface area contributed by atoms with Gasteiger partial charge in [0.1, 0.15) is 4.38 Å². The lowest BCUT2D eigenvalue weighted by molar-refractivity contribution is -0.119. The van der Waals surface area contributed by atoms with E-state index in [0.29, 0.717) is 5.75 Å². The number of nitrogens with zero attached hydrogens (tertiary/aromatic N) is 1. The van der Waals surface area contributed by atoms with Crippen LogP contribution in [0.2, 0.25) is 0 Å². The Labute approximate surface area is 139 Å².